The van der Waals surface area contributed by atoms with Crippen LogP contribution in [0.15, 0.2) is 30.5 Å². The minimum atomic E-state index is -0.755. The van der Waals surface area contributed by atoms with E-state index in [-0.39, 0.29) is 0 Å². The number of nitrogens with zero attached hydrogens (tertiary/aromatic N) is 2. The molecular formula is C11H13N3O2. The number of aromatic nitrogens is 3. The molecule has 0 aliphatic heterocycles. The lowest BCUT2D eigenvalue weighted by atomic mass is 10.1. The zero-order chi connectivity index (χ0) is 11.4. The van der Waals surface area contributed by atoms with E-state index in [1.165, 1.54) is 6.20 Å². The first-order valence-electron chi connectivity index (χ1n) is 5.07. The summed E-state index contributed by atoms with van der Waals surface area (Å²) in [6.07, 6.45) is 0.746. The van der Waals surface area contributed by atoms with Gasteiger partial charge in [-0.2, -0.15) is 15.4 Å². The highest BCUT2D eigenvalue weighted by atomic mass is 16.5. The van der Waals surface area contributed by atoms with E-state index in [0.717, 1.165) is 11.3 Å². The Morgan fingerprint density at radius 3 is 2.69 bits per heavy atom. The van der Waals surface area contributed by atoms with Crippen LogP contribution < -0.4 is 4.74 Å². The number of aliphatic hydroxyl groups is 1. The average Bonchev–Trinajstić information content (AvgIpc) is 2.83. The molecule has 0 spiro atoms. The van der Waals surface area contributed by atoms with Gasteiger partial charge < -0.3 is 9.84 Å². The second-order valence-corrected chi connectivity index (χ2v) is 3.30. The van der Waals surface area contributed by atoms with E-state index in [1.54, 1.807) is 0 Å². The molecular weight excluding hydrogens is 206 g/mol. The molecule has 2 N–H and O–H groups in total. The largest absolute Gasteiger partial charge is 0.494 e. The number of hydrogen-bond acceptors (Lipinski definition) is 4. The molecule has 0 fully saturated rings. The Morgan fingerprint density at radius 2 is 2.12 bits per heavy atom. The molecule has 1 heterocycles. The standard InChI is InChI=1S/C11H13N3O2/c1-2-16-9-5-3-8(4-6-9)11(15)10-7-12-14-13-10/h3-7,11,15H,2H2,1H3,(H,12,13,14). The topological polar surface area (TPSA) is 71.0 Å². The van der Waals surface area contributed by atoms with E-state index in [2.05, 4.69) is 15.4 Å². The molecule has 0 bridgehead atoms. The van der Waals surface area contributed by atoms with Crippen LogP contribution in [0.4, 0.5) is 0 Å². The molecule has 0 aliphatic rings. The smallest absolute Gasteiger partial charge is 0.124 e. The summed E-state index contributed by atoms with van der Waals surface area (Å²) in [6.45, 7) is 2.56. The lowest BCUT2D eigenvalue weighted by molar-refractivity contribution is 0.215. The highest BCUT2D eigenvalue weighted by molar-refractivity contribution is 5.31. The first kappa shape index (κ1) is 10.6. The number of rotatable bonds is 4. The van der Waals surface area contributed by atoms with Crippen LogP contribution >= 0.6 is 0 Å². The summed E-state index contributed by atoms with van der Waals surface area (Å²) >= 11 is 0. The molecule has 1 aromatic carbocycles. The zero-order valence-electron chi connectivity index (χ0n) is 8.92. The van der Waals surface area contributed by atoms with Gasteiger partial charge in [0.1, 0.15) is 17.5 Å². The van der Waals surface area contributed by atoms with Crippen molar-refractivity contribution in [1.82, 2.24) is 15.4 Å². The molecule has 84 valence electrons. The van der Waals surface area contributed by atoms with Crippen molar-refractivity contribution in [2.24, 2.45) is 0 Å². The molecule has 2 rings (SSSR count). The van der Waals surface area contributed by atoms with Gasteiger partial charge in [-0.05, 0) is 24.6 Å². The highest BCUT2D eigenvalue weighted by Crippen LogP contribution is 2.21. The van der Waals surface area contributed by atoms with Crippen molar-refractivity contribution >= 4 is 0 Å². The molecule has 5 nitrogen and oxygen atoms in total. The van der Waals surface area contributed by atoms with Gasteiger partial charge >= 0.3 is 0 Å². The lowest BCUT2D eigenvalue weighted by Gasteiger charge is -2.08. The predicted molar refractivity (Wildman–Crippen MR) is 58.1 cm³/mol. The van der Waals surface area contributed by atoms with Crippen LogP contribution in [0.25, 0.3) is 0 Å². The van der Waals surface area contributed by atoms with Gasteiger partial charge in [0.2, 0.25) is 0 Å². The van der Waals surface area contributed by atoms with Gasteiger partial charge in [0.05, 0.1) is 12.8 Å². The Hall–Kier alpha value is -1.88. The quantitative estimate of drug-likeness (QED) is 0.812. The first-order valence-corrected chi connectivity index (χ1v) is 5.07. The summed E-state index contributed by atoms with van der Waals surface area (Å²) in [6, 6.07) is 7.26. The van der Waals surface area contributed by atoms with Crippen LogP contribution in [0.5, 0.6) is 5.75 Å². The average molecular weight is 219 g/mol. The molecule has 5 heteroatoms. The third-order valence-corrected chi connectivity index (χ3v) is 2.22. The van der Waals surface area contributed by atoms with Gasteiger partial charge in [0.25, 0.3) is 0 Å². The monoisotopic (exact) mass is 219 g/mol. The van der Waals surface area contributed by atoms with E-state index < -0.39 is 6.10 Å². The Balaban J connectivity index is 2.15. The normalized spacial score (nSPS) is 12.4. The molecule has 1 unspecified atom stereocenters. The maximum absolute atomic E-state index is 9.94. The van der Waals surface area contributed by atoms with Crippen LogP contribution in [0, 0.1) is 0 Å². The Bertz CT molecular complexity index is 425. The maximum atomic E-state index is 9.94. The Kier molecular flexibility index (Phi) is 3.16. The fourth-order valence-electron chi connectivity index (χ4n) is 1.43. The molecule has 0 aliphatic carbocycles. The molecule has 2 aromatic rings. The van der Waals surface area contributed by atoms with Crippen molar-refractivity contribution in [3.8, 4) is 5.75 Å². The molecule has 0 saturated heterocycles. The van der Waals surface area contributed by atoms with Gasteiger partial charge in [-0.25, -0.2) is 0 Å². The summed E-state index contributed by atoms with van der Waals surface area (Å²) in [7, 11) is 0. The number of benzene rings is 1. The summed E-state index contributed by atoms with van der Waals surface area (Å²) in [5, 5.41) is 19.9. The summed E-state index contributed by atoms with van der Waals surface area (Å²) in [5.74, 6) is 0.790. The van der Waals surface area contributed by atoms with Crippen LogP contribution in [0.3, 0.4) is 0 Å². The zero-order valence-corrected chi connectivity index (χ0v) is 8.92. The van der Waals surface area contributed by atoms with Crippen molar-refractivity contribution in [3.63, 3.8) is 0 Å². The summed E-state index contributed by atoms with van der Waals surface area (Å²) in [4.78, 5) is 0. The van der Waals surface area contributed by atoms with Crippen molar-refractivity contribution in [2.75, 3.05) is 6.61 Å². The van der Waals surface area contributed by atoms with Crippen LogP contribution in [-0.2, 0) is 0 Å². The number of H-pyrrole nitrogens is 1. The van der Waals surface area contributed by atoms with E-state index in [0.29, 0.717) is 12.3 Å². The van der Waals surface area contributed by atoms with Gasteiger partial charge in [0.15, 0.2) is 0 Å². The second kappa shape index (κ2) is 4.76. The van der Waals surface area contributed by atoms with Gasteiger partial charge in [-0.15, -0.1) is 0 Å². The fraction of sp³-hybridized carbons (Fsp3) is 0.273. The van der Waals surface area contributed by atoms with Crippen LogP contribution in [0.2, 0.25) is 0 Å². The highest BCUT2D eigenvalue weighted by Gasteiger charge is 2.12. The molecule has 1 aromatic heterocycles. The SMILES string of the molecule is CCOc1ccc(C(O)c2cn[nH]n2)cc1. The minimum Gasteiger partial charge on any atom is -0.494 e. The first-order chi connectivity index (χ1) is 7.81. The summed E-state index contributed by atoms with van der Waals surface area (Å²) < 4.78 is 5.32. The molecule has 0 radical (unpaired) electrons. The maximum Gasteiger partial charge on any atom is 0.124 e. The third-order valence-electron chi connectivity index (χ3n) is 2.22. The molecule has 0 saturated carbocycles. The second-order valence-electron chi connectivity index (χ2n) is 3.30. The number of hydrogen-bond donors (Lipinski definition) is 2. The lowest BCUT2D eigenvalue weighted by Crippen LogP contribution is -2.00. The van der Waals surface area contributed by atoms with E-state index in [1.807, 2.05) is 31.2 Å². The molecule has 16 heavy (non-hydrogen) atoms. The Morgan fingerprint density at radius 1 is 1.38 bits per heavy atom. The number of aliphatic hydroxyl groups excluding tert-OH is 1. The summed E-state index contributed by atoms with van der Waals surface area (Å²) in [5.41, 5.74) is 1.27. The van der Waals surface area contributed by atoms with Crippen LogP contribution in [0.1, 0.15) is 24.3 Å². The predicted octanol–water partition coefficient (Wildman–Crippen LogP) is 1.29. The van der Waals surface area contributed by atoms with E-state index >= 15 is 0 Å². The van der Waals surface area contributed by atoms with Crippen molar-refractivity contribution in [3.05, 3.63) is 41.7 Å². The van der Waals surface area contributed by atoms with Crippen molar-refractivity contribution in [1.29, 1.82) is 0 Å². The van der Waals surface area contributed by atoms with Gasteiger partial charge in [0, 0.05) is 0 Å². The molecule has 1 atom stereocenters. The van der Waals surface area contributed by atoms with E-state index in [4.69, 9.17) is 4.74 Å². The van der Waals surface area contributed by atoms with Gasteiger partial charge in [-0.3, -0.25) is 0 Å². The van der Waals surface area contributed by atoms with Crippen molar-refractivity contribution in [2.45, 2.75) is 13.0 Å². The number of ether oxygens (including phenoxy) is 1. The fourth-order valence-corrected chi connectivity index (χ4v) is 1.43. The number of aromatic amines is 1. The molecule has 0 amide bonds. The third kappa shape index (κ3) is 2.20. The number of nitrogens with one attached hydrogen (secondary N) is 1. The Labute approximate surface area is 93.1 Å². The van der Waals surface area contributed by atoms with Gasteiger partial charge in [-0.1, -0.05) is 12.1 Å². The van der Waals surface area contributed by atoms with Crippen molar-refractivity contribution < 1.29 is 9.84 Å². The minimum absolute atomic E-state index is 0.504. The van der Waals surface area contributed by atoms with Crippen LogP contribution in [-0.4, -0.2) is 27.1 Å². The van der Waals surface area contributed by atoms with E-state index in [9.17, 15) is 5.11 Å².